The number of aryl methyl sites for hydroxylation is 1. The van der Waals surface area contributed by atoms with E-state index in [1.54, 1.807) is 0 Å². The molecule has 2 aromatic rings. The molecule has 1 heterocycles. The topological polar surface area (TPSA) is 71.2 Å². The van der Waals surface area contributed by atoms with Crippen LogP contribution < -0.4 is 11.1 Å². The summed E-state index contributed by atoms with van der Waals surface area (Å²) in [6.07, 6.45) is 2.98. The highest BCUT2D eigenvalue weighted by molar-refractivity contribution is 5.79. The number of aliphatic hydroxyl groups excluding tert-OH is 1. The average molecular weight is 287 g/mol. The van der Waals surface area contributed by atoms with Gasteiger partial charge in [-0.05, 0) is 56.5 Å². The molecule has 114 valence electrons. The van der Waals surface area contributed by atoms with Gasteiger partial charge in [-0.15, -0.1) is 0 Å². The van der Waals surface area contributed by atoms with E-state index >= 15 is 0 Å². The molecular formula is C17H25N3O. The summed E-state index contributed by atoms with van der Waals surface area (Å²) in [6.45, 7) is 3.78. The van der Waals surface area contributed by atoms with Crippen LogP contribution >= 0.6 is 0 Å². The van der Waals surface area contributed by atoms with E-state index in [1.165, 1.54) is 5.56 Å². The first kappa shape index (κ1) is 15.9. The highest BCUT2D eigenvalue weighted by atomic mass is 16.2. The van der Waals surface area contributed by atoms with Gasteiger partial charge in [0.2, 0.25) is 0 Å². The molecule has 0 fully saturated rings. The van der Waals surface area contributed by atoms with Gasteiger partial charge >= 0.3 is 0 Å². The number of nitrogens with one attached hydrogen (secondary N) is 1. The van der Waals surface area contributed by atoms with Crippen LogP contribution in [0.4, 0.5) is 0 Å². The largest absolute Gasteiger partial charge is 0.396 e. The quantitative estimate of drug-likeness (QED) is 0.652. The number of fused-ring (bicyclic) bond motifs is 1. The molecule has 0 saturated heterocycles. The Balaban J connectivity index is 2.02. The van der Waals surface area contributed by atoms with Crippen LogP contribution in [0, 0.1) is 6.92 Å². The van der Waals surface area contributed by atoms with Crippen LogP contribution in [0.2, 0.25) is 0 Å². The molecule has 0 aliphatic carbocycles. The zero-order valence-electron chi connectivity index (χ0n) is 12.7. The highest BCUT2D eigenvalue weighted by Gasteiger charge is 2.09. The second kappa shape index (κ2) is 8.08. The van der Waals surface area contributed by atoms with Crippen molar-refractivity contribution < 1.29 is 5.11 Å². The highest BCUT2D eigenvalue weighted by Crippen LogP contribution is 2.19. The van der Waals surface area contributed by atoms with E-state index in [-0.39, 0.29) is 12.6 Å². The van der Waals surface area contributed by atoms with Crippen LogP contribution in [0.3, 0.4) is 0 Å². The molecule has 2 rings (SSSR count). The van der Waals surface area contributed by atoms with Crippen molar-refractivity contribution in [2.45, 2.75) is 32.2 Å². The molecule has 1 unspecified atom stereocenters. The van der Waals surface area contributed by atoms with Gasteiger partial charge in [-0.2, -0.15) is 0 Å². The van der Waals surface area contributed by atoms with Crippen molar-refractivity contribution in [3.63, 3.8) is 0 Å². The molecular weight excluding hydrogens is 262 g/mol. The molecule has 1 aromatic carbocycles. The zero-order chi connectivity index (χ0) is 15.1. The van der Waals surface area contributed by atoms with Gasteiger partial charge in [-0.1, -0.05) is 12.1 Å². The van der Waals surface area contributed by atoms with Crippen molar-refractivity contribution in [3.05, 3.63) is 41.6 Å². The summed E-state index contributed by atoms with van der Waals surface area (Å²) in [4.78, 5) is 4.52. The Kier molecular flexibility index (Phi) is 6.11. The number of rotatable bonds is 8. The summed E-state index contributed by atoms with van der Waals surface area (Å²) in [6, 6.07) is 10.6. The van der Waals surface area contributed by atoms with E-state index in [2.05, 4.69) is 34.6 Å². The number of unbranched alkanes of at least 4 members (excludes halogenated alkanes) is 2. The monoisotopic (exact) mass is 287 g/mol. The number of aromatic nitrogens is 1. The van der Waals surface area contributed by atoms with Crippen LogP contribution in [0.25, 0.3) is 10.9 Å². The molecule has 0 radical (unpaired) electrons. The first-order chi connectivity index (χ1) is 10.2. The van der Waals surface area contributed by atoms with E-state index < -0.39 is 0 Å². The lowest BCUT2D eigenvalue weighted by Crippen LogP contribution is -2.29. The Hall–Kier alpha value is -1.49. The van der Waals surface area contributed by atoms with Crippen molar-refractivity contribution in [2.75, 3.05) is 19.7 Å². The molecule has 0 bridgehead atoms. The molecule has 1 atom stereocenters. The van der Waals surface area contributed by atoms with E-state index in [0.29, 0.717) is 6.54 Å². The summed E-state index contributed by atoms with van der Waals surface area (Å²) < 4.78 is 0. The van der Waals surface area contributed by atoms with E-state index in [4.69, 9.17) is 10.8 Å². The van der Waals surface area contributed by atoms with Crippen molar-refractivity contribution in [2.24, 2.45) is 5.73 Å². The van der Waals surface area contributed by atoms with Crippen LogP contribution in [0.15, 0.2) is 30.3 Å². The van der Waals surface area contributed by atoms with Crippen LogP contribution in [-0.2, 0) is 0 Å². The second-order valence-corrected chi connectivity index (χ2v) is 5.43. The van der Waals surface area contributed by atoms with Gasteiger partial charge in [0.05, 0.1) is 5.52 Å². The minimum atomic E-state index is 0.171. The summed E-state index contributed by atoms with van der Waals surface area (Å²) >= 11 is 0. The molecule has 0 saturated carbocycles. The average Bonchev–Trinajstić information content (AvgIpc) is 2.50. The maximum Gasteiger partial charge on any atom is 0.0705 e. The van der Waals surface area contributed by atoms with E-state index in [0.717, 1.165) is 42.4 Å². The maximum absolute atomic E-state index is 8.77. The lowest BCUT2D eigenvalue weighted by molar-refractivity contribution is 0.282. The van der Waals surface area contributed by atoms with Gasteiger partial charge in [-0.25, -0.2) is 0 Å². The standard InChI is InChI=1S/C17H25N3O/c1-13-5-6-14-11-15(7-8-16(14)20-13)17(12-18)19-9-3-2-4-10-21/h5-8,11,17,19,21H,2-4,9-10,12,18H2,1H3. The van der Waals surface area contributed by atoms with Crippen molar-refractivity contribution in [1.82, 2.24) is 10.3 Å². The molecule has 4 heteroatoms. The van der Waals surface area contributed by atoms with E-state index in [9.17, 15) is 0 Å². The fourth-order valence-electron chi connectivity index (χ4n) is 2.49. The number of nitrogens with two attached hydrogens (primary N) is 1. The Morgan fingerprint density at radius 1 is 1.19 bits per heavy atom. The summed E-state index contributed by atoms with van der Waals surface area (Å²) in [5.74, 6) is 0. The predicted octanol–water partition coefficient (Wildman–Crippen LogP) is 2.30. The van der Waals surface area contributed by atoms with Gasteiger partial charge < -0.3 is 16.2 Å². The number of pyridine rings is 1. The lowest BCUT2D eigenvalue weighted by atomic mass is 10.0. The third-order valence-electron chi connectivity index (χ3n) is 3.72. The van der Waals surface area contributed by atoms with Gasteiger partial charge in [-0.3, -0.25) is 4.98 Å². The zero-order valence-corrected chi connectivity index (χ0v) is 12.7. The number of aliphatic hydroxyl groups is 1. The Bertz CT molecular complexity index is 571. The maximum atomic E-state index is 8.77. The second-order valence-electron chi connectivity index (χ2n) is 5.43. The van der Waals surface area contributed by atoms with Gasteiger partial charge in [0.1, 0.15) is 0 Å². The van der Waals surface area contributed by atoms with Crippen LogP contribution in [0.1, 0.15) is 36.6 Å². The fraction of sp³-hybridized carbons (Fsp3) is 0.471. The van der Waals surface area contributed by atoms with Crippen molar-refractivity contribution in [1.29, 1.82) is 0 Å². The number of nitrogens with zero attached hydrogens (tertiary/aromatic N) is 1. The van der Waals surface area contributed by atoms with Gasteiger partial charge in [0.15, 0.2) is 0 Å². The van der Waals surface area contributed by atoms with Crippen LogP contribution in [0.5, 0.6) is 0 Å². The SMILES string of the molecule is Cc1ccc2cc(C(CN)NCCCCCO)ccc2n1. The minimum absolute atomic E-state index is 0.171. The Morgan fingerprint density at radius 3 is 2.81 bits per heavy atom. The smallest absolute Gasteiger partial charge is 0.0705 e. The lowest BCUT2D eigenvalue weighted by Gasteiger charge is -2.18. The first-order valence-corrected chi connectivity index (χ1v) is 7.66. The third kappa shape index (κ3) is 4.49. The van der Waals surface area contributed by atoms with Gasteiger partial charge in [0, 0.05) is 30.3 Å². The molecule has 4 nitrogen and oxygen atoms in total. The van der Waals surface area contributed by atoms with E-state index in [1.807, 2.05) is 13.0 Å². The number of hydrogen-bond donors (Lipinski definition) is 3. The Labute approximate surface area is 126 Å². The molecule has 0 spiro atoms. The molecule has 1 aromatic heterocycles. The molecule has 4 N–H and O–H groups in total. The molecule has 0 aliphatic heterocycles. The normalized spacial score (nSPS) is 12.7. The molecule has 0 aliphatic rings. The third-order valence-corrected chi connectivity index (χ3v) is 3.72. The fourth-order valence-corrected chi connectivity index (χ4v) is 2.49. The number of benzene rings is 1. The molecule has 21 heavy (non-hydrogen) atoms. The summed E-state index contributed by atoms with van der Waals surface area (Å²) in [5.41, 5.74) is 9.16. The van der Waals surface area contributed by atoms with Crippen LogP contribution in [-0.4, -0.2) is 29.8 Å². The van der Waals surface area contributed by atoms with Crippen molar-refractivity contribution >= 4 is 10.9 Å². The minimum Gasteiger partial charge on any atom is -0.396 e. The Morgan fingerprint density at radius 2 is 2.05 bits per heavy atom. The van der Waals surface area contributed by atoms with Gasteiger partial charge in [0.25, 0.3) is 0 Å². The summed E-state index contributed by atoms with van der Waals surface area (Å²) in [7, 11) is 0. The predicted molar refractivity (Wildman–Crippen MR) is 87.2 cm³/mol. The van der Waals surface area contributed by atoms with Crippen molar-refractivity contribution in [3.8, 4) is 0 Å². The first-order valence-electron chi connectivity index (χ1n) is 7.66. The molecule has 0 amide bonds. The number of hydrogen-bond acceptors (Lipinski definition) is 4. The summed E-state index contributed by atoms with van der Waals surface area (Å²) in [5, 5.41) is 13.4.